The van der Waals surface area contributed by atoms with Crippen molar-refractivity contribution >= 4 is 29.3 Å². The van der Waals surface area contributed by atoms with E-state index in [0.29, 0.717) is 30.5 Å². The van der Waals surface area contributed by atoms with Gasteiger partial charge >= 0.3 is 0 Å². The Kier molecular flexibility index (Phi) is 7.06. The zero-order valence-corrected chi connectivity index (χ0v) is 18.9. The van der Waals surface area contributed by atoms with Crippen LogP contribution in [-0.4, -0.2) is 52.2 Å². The topological polar surface area (TPSA) is 72.3 Å². The van der Waals surface area contributed by atoms with Crippen LogP contribution in [0.2, 0.25) is 0 Å². The maximum Gasteiger partial charge on any atom is 0.237 e. The predicted octanol–water partition coefficient (Wildman–Crippen LogP) is 4.06. The second kappa shape index (κ2) is 10.1. The van der Waals surface area contributed by atoms with E-state index < -0.39 is 0 Å². The Bertz CT molecular complexity index is 1070. The molecule has 32 heavy (non-hydrogen) atoms. The molecule has 1 fully saturated rings. The first-order valence-electron chi connectivity index (χ1n) is 10.6. The van der Waals surface area contributed by atoms with Crippen molar-refractivity contribution in [3.63, 3.8) is 0 Å². The Balaban J connectivity index is 1.62. The highest BCUT2D eigenvalue weighted by atomic mass is 32.2. The van der Waals surface area contributed by atoms with Crippen LogP contribution in [0.5, 0.6) is 0 Å². The van der Waals surface area contributed by atoms with Gasteiger partial charge in [-0.1, -0.05) is 30.8 Å². The number of carbonyl (C=O) groups is 1. The van der Waals surface area contributed by atoms with E-state index in [4.69, 9.17) is 4.74 Å². The largest absolute Gasteiger partial charge is 0.378 e. The van der Waals surface area contributed by atoms with Crippen molar-refractivity contribution in [2.24, 2.45) is 0 Å². The zero-order valence-electron chi connectivity index (χ0n) is 18.1. The molecule has 0 bridgehead atoms. The number of halogens is 1. The zero-order chi connectivity index (χ0) is 22.5. The van der Waals surface area contributed by atoms with E-state index in [1.165, 1.54) is 23.9 Å². The third kappa shape index (κ3) is 5.11. The lowest BCUT2D eigenvalue weighted by atomic mass is 10.2. The van der Waals surface area contributed by atoms with Gasteiger partial charge in [0.1, 0.15) is 5.82 Å². The number of aryl methyl sites for hydroxylation is 1. The summed E-state index contributed by atoms with van der Waals surface area (Å²) < 4.78 is 20.7. The number of nitrogens with one attached hydrogen (secondary N) is 1. The van der Waals surface area contributed by atoms with Gasteiger partial charge in [-0.2, -0.15) is 0 Å². The van der Waals surface area contributed by atoms with E-state index >= 15 is 0 Å². The minimum Gasteiger partial charge on any atom is -0.378 e. The summed E-state index contributed by atoms with van der Waals surface area (Å²) in [6, 6.07) is 13.9. The summed E-state index contributed by atoms with van der Waals surface area (Å²) in [6.45, 7) is 6.74. The predicted molar refractivity (Wildman–Crippen MR) is 124 cm³/mol. The summed E-state index contributed by atoms with van der Waals surface area (Å²) >= 11 is 1.38. The van der Waals surface area contributed by atoms with Crippen LogP contribution in [0.25, 0.3) is 5.69 Å². The first-order chi connectivity index (χ1) is 15.5. The van der Waals surface area contributed by atoms with Crippen LogP contribution >= 0.6 is 11.8 Å². The number of carbonyl (C=O) groups excluding carboxylic acids is 1. The number of amides is 1. The Hall–Kier alpha value is -2.91. The average Bonchev–Trinajstić information content (AvgIpc) is 3.23. The Labute approximate surface area is 191 Å². The molecule has 0 saturated carbocycles. The molecule has 1 aromatic heterocycles. The Morgan fingerprint density at radius 2 is 1.94 bits per heavy atom. The van der Waals surface area contributed by atoms with E-state index in [0.717, 1.165) is 30.3 Å². The van der Waals surface area contributed by atoms with Crippen molar-refractivity contribution in [3.05, 3.63) is 59.9 Å². The quantitative estimate of drug-likeness (QED) is 0.542. The van der Waals surface area contributed by atoms with E-state index in [2.05, 4.69) is 26.5 Å². The van der Waals surface area contributed by atoms with Crippen molar-refractivity contribution in [3.8, 4) is 5.69 Å². The molecule has 1 aliphatic heterocycles. The fraction of sp³-hybridized carbons (Fsp3) is 0.348. The second-order valence-electron chi connectivity index (χ2n) is 7.57. The molecule has 1 aliphatic rings. The number of benzene rings is 2. The summed E-state index contributed by atoms with van der Waals surface area (Å²) in [4.78, 5) is 15.1. The first-order valence-corrected chi connectivity index (χ1v) is 11.5. The number of hydrogen-bond donors (Lipinski definition) is 1. The summed E-state index contributed by atoms with van der Waals surface area (Å²) in [6.07, 6.45) is 0.602. The number of nitrogens with zero attached hydrogens (tertiary/aromatic N) is 4. The molecule has 7 nitrogen and oxygen atoms in total. The van der Waals surface area contributed by atoms with E-state index in [1.807, 2.05) is 36.6 Å². The van der Waals surface area contributed by atoms with Gasteiger partial charge < -0.3 is 15.0 Å². The molecule has 1 unspecified atom stereocenters. The van der Waals surface area contributed by atoms with Crippen molar-refractivity contribution in [2.75, 3.05) is 36.5 Å². The summed E-state index contributed by atoms with van der Waals surface area (Å²) in [5, 5.41) is 12.1. The minimum atomic E-state index is -0.384. The van der Waals surface area contributed by atoms with E-state index in [1.54, 1.807) is 12.1 Å². The van der Waals surface area contributed by atoms with E-state index in [-0.39, 0.29) is 17.0 Å². The van der Waals surface area contributed by atoms with Gasteiger partial charge in [-0.05, 0) is 55.3 Å². The maximum atomic E-state index is 13.2. The highest BCUT2D eigenvalue weighted by molar-refractivity contribution is 8.00. The summed E-state index contributed by atoms with van der Waals surface area (Å²) in [7, 11) is 0. The van der Waals surface area contributed by atoms with Crippen molar-refractivity contribution in [1.29, 1.82) is 0 Å². The Morgan fingerprint density at radius 3 is 2.62 bits per heavy atom. The summed E-state index contributed by atoms with van der Waals surface area (Å²) in [5.74, 6) is 0.248. The van der Waals surface area contributed by atoms with Crippen LogP contribution < -0.4 is 10.2 Å². The normalized spacial score (nSPS) is 14.9. The van der Waals surface area contributed by atoms with Gasteiger partial charge in [0.15, 0.2) is 5.16 Å². The number of ether oxygens (including phenoxy) is 1. The van der Waals surface area contributed by atoms with Gasteiger partial charge in [0, 0.05) is 18.8 Å². The van der Waals surface area contributed by atoms with Gasteiger partial charge in [-0.3, -0.25) is 9.36 Å². The lowest BCUT2D eigenvalue weighted by Crippen LogP contribution is -2.38. The minimum absolute atomic E-state index is 0.157. The van der Waals surface area contributed by atoms with E-state index in [9.17, 15) is 9.18 Å². The average molecular weight is 456 g/mol. The number of anilines is 2. The standard InChI is InChI=1S/C23H26FN5O2S/c1-3-20(21(30)25-18-9-7-17(24)8-10-18)32-23-27-26-22(28-11-13-31-14-12-28)29(23)19-6-4-5-16(2)15-19/h4-10,15,20H,3,11-14H2,1-2H3,(H,25,30). The fourth-order valence-electron chi connectivity index (χ4n) is 3.51. The van der Waals surface area contributed by atoms with Crippen molar-refractivity contribution in [1.82, 2.24) is 14.8 Å². The molecule has 1 saturated heterocycles. The smallest absolute Gasteiger partial charge is 0.237 e. The molecule has 2 aromatic carbocycles. The number of thioether (sulfide) groups is 1. The molecule has 2 heterocycles. The Morgan fingerprint density at radius 1 is 1.19 bits per heavy atom. The van der Waals surface area contributed by atoms with Crippen LogP contribution in [0.15, 0.2) is 53.7 Å². The van der Waals surface area contributed by atoms with Gasteiger partial charge in [0.2, 0.25) is 11.9 Å². The molecule has 4 rings (SSSR count). The van der Waals surface area contributed by atoms with Gasteiger partial charge in [-0.25, -0.2) is 4.39 Å². The molecule has 168 valence electrons. The monoisotopic (exact) mass is 455 g/mol. The second-order valence-corrected chi connectivity index (χ2v) is 8.74. The molecule has 1 N–H and O–H groups in total. The molecule has 3 aromatic rings. The number of aromatic nitrogens is 3. The fourth-order valence-corrected chi connectivity index (χ4v) is 4.47. The van der Waals surface area contributed by atoms with Crippen LogP contribution in [0.1, 0.15) is 18.9 Å². The number of rotatable bonds is 7. The molecule has 9 heteroatoms. The number of hydrogen-bond acceptors (Lipinski definition) is 6. The molecular formula is C23H26FN5O2S. The molecule has 0 radical (unpaired) electrons. The maximum absolute atomic E-state index is 13.2. The van der Waals surface area contributed by atoms with Crippen LogP contribution in [-0.2, 0) is 9.53 Å². The van der Waals surface area contributed by atoms with Crippen LogP contribution in [0.4, 0.5) is 16.0 Å². The number of morpholine rings is 1. The molecule has 0 spiro atoms. The molecule has 1 atom stereocenters. The van der Waals surface area contributed by atoms with Crippen molar-refractivity contribution in [2.45, 2.75) is 30.7 Å². The van der Waals surface area contributed by atoms with Crippen LogP contribution in [0, 0.1) is 12.7 Å². The van der Waals surface area contributed by atoms with Gasteiger partial charge in [0.05, 0.1) is 24.2 Å². The SMILES string of the molecule is CCC(Sc1nnc(N2CCOCC2)n1-c1cccc(C)c1)C(=O)Nc1ccc(F)cc1. The third-order valence-corrected chi connectivity index (χ3v) is 6.50. The highest BCUT2D eigenvalue weighted by Crippen LogP contribution is 2.31. The molecule has 1 amide bonds. The molecular weight excluding hydrogens is 429 g/mol. The lowest BCUT2D eigenvalue weighted by molar-refractivity contribution is -0.115. The van der Waals surface area contributed by atoms with Crippen LogP contribution in [0.3, 0.4) is 0 Å². The lowest BCUT2D eigenvalue weighted by Gasteiger charge is -2.28. The summed E-state index contributed by atoms with van der Waals surface area (Å²) in [5.41, 5.74) is 2.64. The highest BCUT2D eigenvalue weighted by Gasteiger charge is 2.26. The van der Waals surface area contributed by atoms with Gasteiger partial charge in [0.25, 0.3) is 0 Å². The molecule has 0 aliphatic carbocycles. The third-order valence-electron chi connectivity index (χ3n) is 5.19. The first kappa shape index (κ1) is 22.3. The van der Waals surface area contributed by atoms with Gasteiger partial charge in [-0.15, -0.1) is 10.2 Å². The van der Waals surface area contributed by atoms with Crippen molar-refractivity contribution < 1.29 is 13.9 Å².